The summed E-state index contributed by atoms with van der Waals surface area (Å²) in [7, 11) is -2.06. The number of aliphatic hydroxyl groups is 1. The first-order valence-electron chi connectivity index (χ1n) is 5.53. The van der Waals surface area contributed by atoms with Gasteiger partial charge in [0, 0.05) is 7.11 Å². The predicted octanol–water partition coefficient (Wildman–Crippen LogP) is 0.882. The number of methoxy groups -OCH3 is 1. The highest BCUT2D eigenvalue weighted by Gasteiger charge is 2.25. The number of ether oxygens (including phenoxy) is 1. The molecule has 18 heavy (non-hydrogen) atoms. The second-order valence-corrected chi connectivity index (χ2v) is 6.41. The van der Waals surface area contributed by atoms with Crippen LogP contribution >= 0.6 is 0 Å². The van der Waals surface area contributed by atoms with Gasteiger partial charge in [-0.25, -0.2) is 13.1 Å². The van der Waals surface area contributed by atoms with Crippen LogP contribution in [-0.4, -0.2) is 32.8 Å². The van der Waals surface area contributed by atoms with Gasteiger partial charge in [-0.15, -0.1) is 0 Å². The Balaban J connectivity index is 2.92. The van der Waals surface area contributed by atoms with Crippen molar-refractivity contribution in [1.82, 2.24) is 4.72 Å². The lowest BCUT2D eigenvalue weighted by Crippen LogP contribution is -2.46. The van der Waals surface area contributed by atoms with E-state index < -0.39 is 15.6 Å². The van der Waals surface area contributed by atoms with Crippen LogP contribution < -0.4 is 4.72 Å². The zero-order chi connectivity index (χ0) is 13.8. The van der Waals surface area contributed by atoms with Crippen LogP contribution in [0.2, 0.25) is 0 Å². The summed E-state index contributed by atoms with van der Waals surface area (Å²) in [6.45, 7) is 3.66. The molecule has 0 heterocycles. The fourth-order valence-corrected chi connectivity index (χ4v) is 2.99. The average Bonchev–Trinajstić information content (AvgIpc) is 2.27. The predicted molar refractivity (Wildman–Crippen MR) is 68.6 cm³/mol. The lowest BCUT2D eigenvalue weighted by atomic mass is 10.1. The summed E-state index contributed by atoms with van der Waals surface area (Å²) in [4.78, 5) is 0.170. The Kier molecular flexibility index (Phi) is 4.86. The van der Waals surface area contributed by atoms with Crippen LogP contribution in [0.1, 0.15) is 19.4 Å². The van der Waals surface area contributed by atoms with E-state index in [0.717, 1.165) is 0 Å². The van der Waals surface area contributed by atoms with Crippen LogP contribution in [0.5, 0.6) is 0 Å². The molecule has 0 bridgehead atoms. The Hall–Kier alpha value is -0.950. The molecule has 0 aromatic heterocycles. The van der Waals surface area contributed by atoms with Crippen LogP contribution in [0.3, 0.4) is 0 Å². The van der Waals surface area contributed by atoms with Gasteiger partial charge in [-0.1, -0.05) is 12.1 Å². The Bertz CT molecular complexity index is 479. The van der Waals surface area contributed by atoms with E-state index in [4.69, 9.17) is 9.84 Å². The highest BCUT2D eigenvalue weighted by atomic mass is 32.2. The quantitative estimate of drug-likeness (QED) is 0.807. The topological polar surface area (TPSA) is 75.6 Å². The van der Waals surface area contributed by atoms with Crippen LogP contribution in [-0.2, 0) is 21.4 Å². The number of nitrogens with one attached hydrogen (secondary N) is 1. The first kappa shape index (κ1) is 15.1. The van der Waals surface area contributed by atoms with Gasteiger partial charge < -0.3 is 9.84 Å². The SMILES string of the molecule is COCC(C)(C)NS(=O)(=O)c1ccc(CO)cc1. The standard InChI is InChI=1S/C12H19NO4S/c1-12(2,9-17-3)13-18(15,16)11-6-4-10(8-14)5-7-11/h4-7,13-14H,8-9H2,1-3H3. The van der Waals surface area contributed by atoms with Crippen molar-refractivity contribution in [3.8, 4) is 0 Å². The molecule has 0 aliphatic heterocycles. The van der Waals surface area contributed by atoms with Crippen LogP contribution in [0.25, 0.3) is 0 Å². The molecule has 5 nitrogen and oxygen atoms in total. The number of aliphatic hydroxyl groups excluding tert-OH is 1. The van der Waals surface area contributed by atoms with Gasteiger partial charge in [0.2, 0.25) is 10.0 Å². The van der Waals surface area contributed by atoms with Crippen molar-refractivity contribution in [1.29, 1.82) is 0 Å². The van der Waals surface area contributed by atoms with Crippen molar-refractivity contribution in [3.05, 3.63) is 29.8 Å². The highest BCUT2D eigenvalue weighted by Crippen LogP contribution is 2.14. The molecule has 0 atom stereocenters. The van der Waals surface area contributed by atoms with E-state index in [1.54, 1.807) is 26.0 Å². The second-order valence-electron chi connectivity index (χ2n) is 4.72. The molecule has 0 unspecified atom stereocenters. The second kappa shape index (κ2) is 5.79. The maximum Gasteiger partial charge on any atom is 0.241 e. The summed E-state index contributed by atoms with van der Waals surface area (Å²) >= 11 is 0. The average molecular weight is 273 g/mol. The summed E-state index contributed by atoms with van der Waals surface area (Å²) in [6, 6.07) is 6.10. The smallest absolute Gasteiger partial charge is 0.241 e. The summed E-state index contributed by atoms with van der Waals surface area (Å²) in [5.41, 5.74) is -0.00596. The summed E-state index contributed by atoms with van der Waals surface area (Å²) in [5, 5.41) is 8.91. The molecule has 102 valence electrons. The van der Waals surface area contributed by atoms with Crippen molar-refractivity contribution in [2.45, 2.75) is 30.9 Å². The molecule has 0 saturated heterocycles. The van der Waals surface area contributed by atoms with Gasteiger partial charge in [0.1, 0.15) is 0 Å². The van der Waals surface area contributed by atoms with Gasteiger partial charge in [-0.2, -0.15) is 0 Å². The molecule has 0 aliphatic carbocycles. The number of sulfonamides is 1. The Morgan fingerprint density at radius 1 is 1.28 bits per heavy atom. The molecule has 0 saturated carbocycles. The van der Waals surface area contributed by atoms with Crippen molar-refractivity contribution in [3.63, 3.8) is 0 Å². The molecule has 0 fully saturated rings. The van der Waals surface area contributed by atoms with E-state index in [-0.39, 0.29) is 18.1 Å². The van der Waals surface area contributed by atoms with Gasteiger partial charge in [0.15, 0.2) is 0 Å². The normalized spacial score (nSPS) is 12.7. The van der Waals surface area contributed by atoms with E-state index in [2.05, 4.69) is 4.72 Å². The van der Waals surface area contributed by atoms with Gasteiger partial charge in [-0.3, -0.25) is 0 Å². The first-order valence-corrected chi connectivity index (χ1v) is 7.02. The molecule has 1 rings (SSSR count). The third-order valence-corrected chi connectivity index (χ3v) is 4.05. The Morgan fingerprint density at radius 3 is 2.28 bits per heavy atom. The molecular formula is C12H19NO4S. The maximum absolute atomic E-state index is 12.1. The molecule has 1 aromatic rings. The number of hydrogen-bond donors (Lipinski definition) is 2. The molecule has 0 radical (unpaired) electrons. The highest BCUT2D eigenvalue weighted by molar-refractivity contribution is 7.89. The van der Waals surface area contributed by atoms with Gasteiger partial charge in [0.25, 0.3) is 0 Å². The van der Waals surface area contributed by atoms with E-state index in [1.807, 2.05) is 0 Å². The zero-order valence-electron chi connectivity index (χ0n) is 10.8. The van der Waals surface area contributed by atoms with Gasteiger partial charge in [0.05, 0.1) is 23.6 Å². The molecule has 1 aromatic carbocycles. The minimum absolute atomic E-state index is 0.108. The van der Waals surface area contributed by atoms with E-state index in [1.165, 1.54) is 19.2 Å². The van der Waals surface area contributed by atoms with Crippen molar-refractivity contribution in [2.24, 2.45) is 0 Å². The minimum atomic E-state index is -3.58. The number of benzene rings is 1. The minimum Gasteiger partial charge on any atom is -0.392 e. The molecule has 2 N–H and O–H groups in total. The largest absolute Gasteiger partial charge is 0.392 e. The van der Waals surface area contributed by atoms with Crippen molar-refractivity contribution < 1.29 is 18.3 Å². The zero-order valence-corrected chi connectivity index (χ0v) is 11.6. The van der Waals surface area contributed by atoms with Crippen molar-refractivity contribution >= 4 is 10.0 Å². The van der Waals surface area contributed by atoms with E-state index >= 15 is 0 Å². The third-order valence-electron chi connectivity index (χ3n) is 2.33. The Labute approximate surface area is 108 Å². The Morgan fingerprint density at radius 2 is 1.83 bits per heavy atom. The fraction of sp³-hybridized carbons (Fsp3) is 0.500. The lowest BCUT2D eigenvalue weighted by molar-refractivity contribution is 0.141. The van der Waals surface area contributed by atoms with Gasteiger partial charge in [-0.05, 0) is 31.5 Å². The number of hydrogen-bond acceptors (Lipinski definition) is 4. The van der Waals surface area contributed by atoms with Crippen LogP contribution in [0.15, 0.2) is 29.2 Å². The van der Waals surface area contributed by atoms with Gasteiger partial charge >= 0.3 is 0 Å². The molecule has 0 amide bonds. The lowest BCUT2D eigenvalue weighted by Gasteiger charge is -2.24. The maximum atomic E-state index is 12.1. The van der Waals surface area contributed by atoms with E-state index in [9.17, 15) is 8.42 Å². The first-order chi connectivity index (χ1) is 8.30. The molecule has 0 aliphatic rings. The summed E-state index contributed by atoms with van der Waals surface area (Å²) in [6.07, 6.45) is 0. The molecular weight excluding hydrogens is 254 g/mol. The fourth-order valence-electron chi connectivity index (χ4n) is 1.59. The summed E-state index contributed by atoms with van der Waals surface area (Å²) < 4.78 is 31.7. The third kappa shape index (κ3) is 4.06. The molecule has 6 heteroatoms. The number of rotatable bonds is 6. The summed E-state index contributed by atoms with van der Waals surface area (Å²) in [5.74, 6) is 0. The molecule has 0 spiro atoms. The van der Waals surface area contributed by atoms with Crippen LogP contribution in [0, 0.1) is 0 Å². The van der Waals surface area contributed by atoms with E-state index in [0.29, 0.717) is 5.56 Å². The monoisotopic (exact) mass is 273 g/mol. The van der Waals surface area contributed by atoms with Crippen LogP contribution in [0.4, 0.5) is 0 Å². The van der Waals surface area contributed by atoms with Crippen molar-refractivity contribution in [2.75, 3.05) is 13.7 Å².